The molecule has 0 saturated carbocycles. The predicted molar refractivity (Wildman–Crippen MR) is 41.2 cm³/mol. The summed E-state index contributed by atoms with van der Waals surface area (Å²) in [6, 6.07) is 0. The Balaban J connectivity index is 4.16. The van der Waals surface area contributed by atoms with Crippen LogP contribution in [-0.4, -0.2) is 18.1 Å². The summed E-state index contributed by atoms with van der Waals surface area (Å²) in [5.41, 5.74) is -0.511. The molecular formula is C8H11F3O3. The first-order valence-electron chi connectivity index (χ1n) is 3.84. The van der Waals surface area contributed by atoms with Gasteiger partial charge in [0.25, 0.3) is 0 Å². The number of hydrogen-bond acceptors (Lipinski definition) is 3. The van der Waals surface area contributed by atoms with E-state index in [1.165, 1.54) is 0 Å². The minimum absolute atomic E-state index is 0.241. The van der Waals surface area contributed by atoms with Crippen LogP contribution in [0.25, 0.3) is 0 Å². The number of esters is 2. The molecule has 0 saturated heterocycles. The third kappa shape index (κ3) is 5.55. The third-order valence-electron chi connectivity index (χ3n) is 1.11. The number of carbonyl (C=O) groups is 2. The summed E-state index contributed by atoms with van der Waals surface area (Å²) >= 11 is 0. The van der Waals surface area contributed by atoms with Crippen molar-refractivity contribution in [3.05, 3.63) is 0 Å². The fourth-order valence-corrected chi connectivity index (χ4v) is 0.630. The topological polar surface area (TPSA) is 43.4 Å². The molecular weight excluding hydrogens is 201 g/mol. The van der Waals surface area contributed by atoms with E-state index in [1.807, 2.05) is 0 Å². The Morgan fingerprint density at radius 3 is 1.86 bits per heavy atom. The van der Waals surface area contributed by atoms with E-state index in [1.54, 1.807) is 20.8 Å². The third-order valence-corrected chi connectivity index (χ3v) is 1.11. The summed E-state index contributed by atoms with van der Waals surface area (Å²) in [6.45, 7) is 4.94. The van der Waals surface area contributed by atoms with Gasteiger partial charge in [-0.05, 0) is 5.41 Å². The van der Waals surface area contributed by atoms with E-state index in [2.05, 4.69) is 4.74 Å². The molecule has 3 nitrogen and oxygen atoms in total. The summed E-state index contributed by atoms with van der Waals surface area (Å²) < 4.78 is 38.4. The minimum atomic E-state index is -5.12. The van der Waals surface area contributed by atoms with Crippen LogP contribution in [0.2, 0.25) is 0 Å². The lowest BCUT2D eigenvalue weighted by Crippen LogP contribution is -2.29. The van der Waals surface area contributed by atoms with Gasteiger partial charge in [-0.2, -0.15) is 13.2 Å². The number of ether oxygens (including phenoxy) is 1. The van der Waals surface area contributed by atoms with Crippen molar-refractivity contribution in [3.63, 3.8) is 0 Å². The molecule has 0 rings (SSSR count). The van der Waals surface area contributed by atoms with Crippen molar-refractivity contribution in [1.29, 1.82) is 0 Å². The molecule has 0 radical (unpaired) electrons. The molecule has 0 spiro atoms. The Morgan fingerprint density at radius 2 is 1.57 bits per heavy atom. The van der Waals surface area contributed by atoms with E-state index in [0.29, 0.717) is 0 Å². The van der Waals surface area contributed by atoms with Crippen LogP contribution in [-0.2, 0) is 14.3 Å². The minimum Gasteiger partial charge on any atom is -0.386 e. The fraction of sp³-hybridized carbons (Fsp3) is 0.750. The van der Waals surface area contributed by atoms with Crippen molar-refractivity contribution in [3.8, 4) is 0 Å². The second-order valence-electron chi connectivity index (χ2n) is 4.00. The van der Waals surface area contributed by atoms with Crippen LogP contribution >= 0.6 is 0 Å². The Hall–Kier alpha value is -1.07. The molecule has 0 aliphatic heterocycles. The van der Waals surface area contributed by atoms with Gasteiger partial charge in [-0.15, -0.1) is 0 Å². The van der Waals surface area contributed by atoms with Crippen LogP contribution in [0.3, 0.4) is 0 Å². The number of alkyl halides is 3. The van der Waals surface area contributed by atoms with Gasteiger partial charge in [0.2, 0.25) is 0 Å². The van der Waals surface area contributed by atoms with Gasteiger partial charge in [0.05, 0.1) is 6.42 Å². The first-order valence-corrected chi connectivity index (χ1v) is 3.84. The number of hydrogen-bond donors (Lipinski definition) is 0. The predicted octanol–water partition coefficient (Wildman–Crippen LogP) is 2.05. The van der Waals surface area contributed by atoms with Crippen molar-refractivity contribution in [2.24, 2.45) is 5.41 Å². The SMILES string of the molecule is CC(C)(C)CC(=O)OC(=O)C(F)(F)F. The molecule has 0 atom stereocenters. The van der Waals surface area contributed by atoms with Crippen LogP contribution < -0.4 is 0 Å². The number of carbonyl (C=O) groups excluding carboxylic acids is 2. The standard InChI is InChI=1S/C8H11F3O3/c1-7(2,3)4-5(12)14-6(13)8(9,10)11/h4H2,1-3H3. The number of halogens is 3. The highest BCUT2D eigenvalue weighted by atomic mass is 19.4. The summed E-state index contributed by atoms with van der Waals surface area (Å²) in [6.07, 6.45) is -5.36. The lowest BCUT2D eigenvalue weighted by atomic mass is 9.92. The van der Waals surface area contributed by atoms with E-state index in [-0.39, 0.29) is 6.42 Å². The van der Waals surface area contributed by atoms with Gasteiger partial charge < -0.3 is 4.74 Å². The smallest absolute Gasteiger partial charge is 0.386 e. The van der Waals surface area contributed by atoms with Gasteiger partial charge in [-0.1, -0.05) is 20.8 Å². The Bertz CT molecular complexity index is 237. The van der Waals surface area contributed by atoms with E-state index >= 15 is 0 Å². The Morgan fingerprint density at radius 1 is 1.14 bits per heavy atom. The summed E-state index contributed by atoms with van der Waals surface area (Å²) in [5, 5.41) is 0. The zero-order valence-electron chi connectivity index (χ0n) is 8.07. The highest BCUT2D eigenvalue weighted by Gasteiger charge is 2.42. The number of rotatable bonds is 1. The molecule has 0 fully saturated rings. The lowest BCUT2D eigenvalue weighted by molar-refractivity contribution is -0.202. The Kier molecular flexibility index (Phi) is 3.67. The van der Waals surface area contributed by atoms with E-state index in [4.69, 9.17) is 0 Å². The molecule has 0 aromatic rings. The zero-order valence-corrected chi connectivity index (χ0v) is 8.07. The van der Waals surface area contributed by atoms with Crippen molar-refractivity contribution in [2.75, 3.05) is 0 Å². The lowest BCUT2D eigenvalue weighted by Gasteiger charge is -2.16. The summed E-state index contributed by atoms with van der Waals surface area (Å²) in [7, 11) is 0. The van der Waals surface area contributed by atoms with Crippen molar-refractivity contribution >= 4 is 11.9 Å². The average Bonchev–Trinajstić information content (AvgIpc) is 1.79. The van der Waals surface area contributed by atoms with E-state index in [0.717, 1.165) is 0 Å². The molecule has 82 valence electrons. The van der Waals surface area contributed by atoms with Gasteiger partial charge in [-0.25, -0.2) is 4.79 Å². The summed E-state index contributed by atoms with van der Waals surface area (Å²) in [5.74, 6) is -3.63. The molecule has 0 heterocycles. The molecule has 0 aromatic heterocycles. The summed E-state index contributed by atoms with van der Waals surface area (Å²) in [4.78, 5) is 21.0. The highest BCUT2D eigenvalue weighted by Crippen LogP contribution is 2.21. The maximum atomic E-state index is 11.6. The van der Waals surface area contributed by atoms with E-state index in [9.17, 15) is 22.8 Å². The van der Waals surface area contributed by atoms with Gasteiger partial charge >= 0.3 is 18.1 Å². The van der Waals surface area contributed by atoms with Crippen molar-refractivity contribution in [2.45, 2.75) is 33.4 Å². The normalized spacial score (nSPS) is 12.4. The average molecular weight is 212 g/mol. The van der Waals surface area contributed by atoms with Gasteiger partial charge in [0.15, 0.2) is 0 Å². The van der Waals surface area contributed by atoms with Crippen LogP contribution in [0, 0.1) is 5.41 Å². The van der Waals surface area contributed by atoms with Crippen molar-refractivity contribution in [1.82, 2.24) is 0 Å². The monoisotopic (exact) mass is 212 g/mol. The maximum Gasteiger partial charge on any atom is 0.491 e. The van der Waals surface area contributed by atoms with Crippen LogP contribution in [0.4, 0.5) is 13.2 Å². The van der Waals surface area contributed by atoms with Crippen LogP contribution in [0.5, 0.6) is 0 Å². The van der Waals surface area contributed by atoms with Gasteiger partial charge in [0, 0.05) is 0 Å². The molecule has 0 aromatic carbocycles. The highest BCUT2D eigenvalue weighted by molar-refractivity contribution is 5.88. The first-order chi connectivity index (χ1) is 6.02. The molecule has 0 bridgehead atoms. The fourth-order valence-electron chi connectivity index (χ4n) is 0.630. The molecule has 0 unspecified atom stereocenters. The van der Waals surface area contributed by atoms with E-state index < -0.39 is 23.5 Å². The maximum absolute atomic E-state index is 11.6. The molecule has 14 heavy (non-hydrogen) atoms. The van der Waals surface area contributed by atoms with Crippen molar-refractivity contribution < 1.29 is 27.5 Å². The quantitative estimate of drug-likeness (QED) is 0.493. The van der Waals surface area contributed by atoms with Gasteiger partial charge in [0.1, 0.15) is 0 Å². The first kappa shape index (κ1) is 12.9. The molecule has 0 aliphatic carbocycles. The Labute approximate surface area is 79.2 Å². The van der Waals surface area contributed by atoms with Gasteiger partial charge in [-0.3, -0.25) is 4.79 Å². The second-order valence-corrected chi connectivity index (χ2v) is 4.00. The van der Waals surface area contributed by atoms with Crippen LogP contribution in [0.15, 0.2) is 0 Å². The molecule has 6 heteroatoms. The zero-order chi connectivity index (χ0) is 11.6. The molecule has 0 N–H and O–H groups in total. The van der Waals surface area contributed by atoms with Crippen LogP contribution in [0.1, 0.15) is 27.2 Å². The second kappa shape index (κ2) is 3.98. The molecule has 0 aliphatic rings. The largest absolute Gasteiger partial charge is 0.491 e. The molecule has 0 amide bonds.